The summed E-state index contributed by atoms with van der Waals surface area (Å²) in [6.45, 7) is -0.471. The minimum absolute atomic E-state index is 0.0758. The third-order valence-electron chi connectivity index (χ3n) is 8.08. The molecule has 9 nitrogen and oxygen atoms in total. The molecule has 0 spiro atoms. The Hall–Kier alpha value is -5.15. The van der Waals surface area contributed by atoms with Crippen LogP contribution < -0.4 is 10.6 Å². The fourth-order valence-electron chi connectivity index (χ4n) is 6.07. The van der Waals surface area contributed by atoms with E-state index in [1.165, 1.54) is 0 Å². The first-order chi connectivity index (χ1) is 21.5. The number of carboxylic acids is 1. The number of carbonyl (C=O) groups is 3. The van der Waals surface area contributed by atoms with Gasteiger partial charge in [0.2, 0.25) is 0 Å². The second-order valence-electron chi connectivity index (χ2n) is 10.7. The molecule has 0 aliphatic heterocycles. The van der Waals surface area contributed by atoms with Crippen LogP contribution in [-0.2, 0) is 19.0 Å². The molecule has 4 aromatic rings. The number of hydrogen-bond acceptors (Lipinski definition) is 6. The average Bonchev–Trinajstić information content (AvgIpc) is 3.54. The Bertz CT molecular complexity index is 1480. The van der Waals surface area contributed by atoms with Gasteiger partial charge in [0, 0.05) is 24.9 Å². The SMILES string of the molecule is O=C(O)COC(CNC(=O)OCC1c2ccccc2-c2ccccc21)CNC(=O)OCC1c2ccccc2-c2ccccc21. The minimum Gasteiger partial charge on any atom is -0.480 e. The van der Waals surface area contributed by atoms with Crippen LogP contribution in [0, 0.1) is 0 Å². The number of aliphatic carboxylic acids is 1. The van der Waals surface area contributed by atoms with E-state index in [0.29, 0.717) is 0 Å². The Morgan fingerprint density at radius 3 is 1.27 bits per heavy atom. The maximum atomic E-state index is 12.6. The summed E-state index contributed by atoms with van der Waals surface area (Å²) in [6.07, 6.45) is -2.17. The molecule has 0 heterocycles. The number of hydrogen-bond donors (Lipinski definition) is 3. The van der Waals surface area contributed by atoms with Crippen LogP contribution in [0.15, 0.2) is 97.1 Å². The Kier molecular flexibility index (Phi) is 8.56. The third-order valence-corrected chi connectivity index (χ3v) is 8.08. The smallest absolute Gasteiger partial charge is 0.407 e. The van der Waals surface area contributed by atoms with Crippen molar-refractivity contribution in [2.45, 2.75) is 17.9 Å². The quantitative estimate of drug-likeness (QED) is 0.209. The molecule has 0 unspecified atom stereocenters. The van der Waals surface area contributed by atoms with Crippen molar-refractivity contribution in [3.63, 3.8) is 0 Å². The first-order valence-electron chi connectivity index (χ1n) is 14.5. The number of fused-ring (bicyclic) bond motifs is 6. The lowest BCUT2D eigenvalue weighted by molar-refractivity contribution is -0.144. The topological polar surface area (TPSA) is 123 Å². The largest absolute Gasteiger partial charge is 0.480 e. The Morgan fingerprint density at radius 2 is 0.932 bits per heavy atom. The Morgan fingerprint density at radius 1 is 0.591 bits per heavy atom. The van der Waals surface area contributed by atoms with Crippen LogP contribution in [-0.4, -0.2) is 62.3 Å². The molecular formula is C35H32N2O7. The van der Waals surface area contributed by atoms with Gasteiger partial charge in [-0.1, -0.05) is 97.1 Å². The summed E-state index contributed by atoms with van der Waals surface area (Å²) < 4.78 is 16.5. The van der Waals surface area contributed by atoms with Crippen LogP contribution in [0.2, 0.25) is 0 Å². The van der Waals surface area contributed by atoms with E-state index in [4.69, 9.17) is 19.3 Å². The van der Waals surface area contributed by atoms with Crippen LogP contribution >= 0.6 is 0 Å². The van der Waals surface area contributed by atoms with Gasteiger partial charge in [-0.25, -0.2) is 14.4 Å². The molecule has 0 fully saturated rings. The Labute approximate surface area is 254 Å². The summed E-state index contributed by atoms with van der Waals surface area (Å²) in [6, 6.07) is 32.2. The van der Waals surface area contributed by atoms with Crippen molar-refractivity contribution in [1.82, 2.24) is 10.6 Å². The summed E-state index contributed by atoms with van der Waals surface area (Å²) in [5.41, 5.74) is 8.87. The van der Waals surface area contributed by atoms with Gasteiger partial charge in [0.05, 0.1) is 6.10 Å². The molecule has 4 aromatic carbocycles. The highest BCUT2D eigenvalue weighted by molar-refractivity contribution is 5.80. The molecule has 0 atom stereocenters. The van der Waals surface area contributed by atoms with Gasteiger partial charge >= 0.3 is 18.2 Å². The Balaban J connectivity index is 1.00. The van der Waals surface area contributed by atoms with Gasteiger partial charge in [-0.2, -0.15) is 0 Å². The molecule has 9 heteroatoms. The van der Waals surface area contributed by atoms with E-state index in [1.807, 2.05) is 72.8 Å². The van der Waals surface area contributed by atoms with Crippen LogP contribution in [0.25, 0.3) is 22.3 Å². The highest BCUT2D eigenvalue weighted by Crippen LogP contribution is 2.45. The van der Waals surface area contributed by atoms with Crippen molar-refractivity contribution in [3.8, 4) is 22.3 Å². The summed E-state index contributed by atoms with van der Waals surface area (Å²) in [5.74, 6) is -1.36. The molecule has 2 amide bonds. The van der Waals surface area contributed by atoms with E-state index < -0.39 is 30.9 Å². The van der Waals surface area contributed by atoms with Crippen LogP contribution in [0.3, 0.4) is 0 Å². The van der Waals surface area contributed by atoms with E-state index >= 15 is 0 Å². The molecule has 224 valence electrons. The standard InChI is InChI=1S/C35H32N2O7/c38-33(39)21-42-22(17-36-34(40)43-19-31-27-13-5-1-9-23(27)24-10-2-6-14-28(24)31)18-37-35(41)44-20-32-29-15-7-3-11-25(29)26-12-4-8-16-30(26)32/h1-16,22,31-32H,17-21H2,(H,36,40)(H,37,41)(H,38,39). The molecule has 0 bridgehead atoms. The van der Waals surface area contributed by atoms with E-state index in [1.54, 1.807) is 0 Å². The zero-order valence-electron chi connectivity index (χ0n) is 23.9. The first-order valence-corrected chi connectivity index (χ1v) is 14.5. The van der Waals surface area contributed by atoms with Crippen LogP contribution in [0.1, 0.15) is 34.1 Å². The minimum atomic E-state index is -1.17. The van der Waals surface area contributed by atoms with Crippen molar-refractivity contribution in [2.24, 2.45) is 0 Å². The highest BCUT2D eigenvalue weighted by Gasteiger charge is 2.30. The van der Waals surface area contributed by atoms with Gasteiger partial charge in [-0.15, -0.1) is 0 Å². The maximum Gasteiger partial charge on any atom is 0.407 e. The van der Waals surface area contributed by atoms with Crippen molar-refractivity contribution in [1.29, 1.82) is 0 Å². The normalized spacial score (nSPS) is 13.0. The zero-order chi connectivity index (χ0) is 30.5. The fraction of sp³-hybridized carbons (Fsp3) is 0.229. The van der Waals surface area contributed by atoms with Crippen molar-refractivity contribution < 1.29 is 33.7 Å². The monoisotopic (exact) mass is 592 g/mol. The average molecular weight is 593 g/mol. The predicted molar refractivity (Wildman–Crippen MR) is 164 cm³/mol. The second kappa shape index (κ2) is 13.0. The summed E-state index contributed by atoms with van der Waals surface area (Å²) >= 11 is 0. The second-order valence-corrected chi connectivity index (χ2v) is 10.7. The van der Waals surface area contributed by atoms with E-state index in [9.17, 15) is 14.4 Å². The van der Waals surface area contributed by atoms with Gasteiger partial charge in [0.15, 0.2) is 0 Å². The van der Waals surface area contributed by atoms with Gasteiger partial charge in [0.1, 0.15) is 19.8 Å². The lowest BCUT2D eigenvalue weighted by Gasteiger charge is -2.20. The van der Waals surface area contributed by atoms with Crippen molar-refractivity contribution in [3.05, 3.63) is 119 Å². The molecule has 0 radical (unpaired) electrons. The molecule has 0 saturated heterocycles. The van der Waals surface area contributed by atoms with Gasteiger partial charge in [-0.3, -0.25) is 0 Å². The fourth-order valence-corrected chi connectivity index (χ4v) is 6.07. The molecule has 2 aliphatic rings. The summed E-state index contributed by atoms with van der Waals surface area (Å²) in [5, 5.41) is 14.4. The molecule has 44 heavy (non-hydrogen) atoms. The highest BCUT2D eigenvalue weighted by atomic mass is 16.6. The number of carbonyl (C=O) groups excluding carboxylic acids is 2. The lowest BCUT2D eigenvalue weighted by Crippen LogP contribution is -2.42. The number of alkyl carbamates (subject to hydrolysis) is 2. The molecular weight excluding hydrogens is 560 g/mol. The summed E-state index contributed by atoms with van der Waals surface area (Å²) in [4.78, 5) is 36.4. The number of amides is 2. The first kappa shape index (κ1) is 28.9. The van der Waals surface area contributed by atoms with E-state index in [0.717, 1.165) is 44.5 Å². The molecule has 2 aliphatic carbocycles. The molecule has 3 N–H and O–H groups in total. The number of benzene rings is 4. The molecule has 0 saturated carbocycles. The number of rotatable bonds is 11. The van der Waals surface area contributed by atoms with Gasteiger partial charge < -0.3 is 30.0 Å². The van der Waals surface area contributed by atoms with E-state index in [2.05, 4.69) is 34.9 Å². The van der Waals surface area contributed by atoms with Crippen molar-refractivity contribution >= 4 is 18.2 Å². The predicted octanol–water partition coefficient (Wildman–Crippen LogP) is 5.53. The zero-order valence-corrected chi connectivity index (χ0v) is 23.9. The number of nitrogens with one attached hydrogen (secondary N) is 2. The van der Waals surface area contributed by atoms with Crippen LogP contribution in [0.4, 0.5) is 9.59 Å². The maximum absolute atomic E-state index is 12.6. The molecule has 6 rings (SSSR count). The van der Waals surface area contributed by atoms with Gasteiger partial charge in [0.25, 0.3) is 0 Å². The lowest BCUT2D eigenvalue weighted by atomic mass is 9.98. The third kappa shape index (κ3) is 6.14. The van der Waals surface area contributed by atoms with Crippen molar-refractivity contribution in [2.75, 3.05) is 32.9 Å². The van der Waals surface area contributed by atoms with E-state index in [-0.39, 0.29) is 38.1 Å². The molecule has 0 aromatic heterocycles. The number of ether oxygens (including phenoxy) is 3. The van der Waals surface area contributed by atoms with Gasteiger partial charge in [-0.05, 0) is 44.5 Å². The summed E-state index contributed by atoms with van der Waals surface area (Å²) in [7, 11) is 0. The number of carboxylic acid groups (broad SMARTS) is 1. The van der Waals surface area contributed by atoms with Crippen LogP contribution in [0.5, 0.6) is 0 Å².